The number of ether oxygens (including phenoxy) is 2. The van der Waals surface area contributed by atoms with Crippen LogP contribution in [0.25, 0.3) is 0 Å². The number of halogens is 1. The number of rotatable bonds is 6. The summed E-state index contributed by atoms with van der Waals surface area (Å²) in [5.41, 5.74) is -0.343. The molecular formula is C35H39ClN2O6. The van der Waals surface area contributed by atoms with Gasteiger partial charge in [0.05, 0.1) is 35.9 Å². The van der Waals surface area contributed by atoms with E-state index < -0.39 is 47.0 Å². The minimum atomic E-state index is -1.47. The van der Waals surface area contributed by atoms with E-state index in [1.165, 1.54) is 4.90 Å². The summed E-state index contributed by atoms with van der Waals surface area (Å²) >= 11 is 6.69. The normalized spacial score (nSPS) is 31.5. The predicted molar refractivity (Wildman–Crippen MR) is 167 cm³/mol. The van der Waals surface area contributed by atoms with E-state index in [9.17, 15) is 19.5 Å². The van der Waals surface area contributed by atoms with E-state index in [0.717, 1.165) is 30.4 Å². The molecule has 4 heterocycles. The van der Waals surface area contributed by atoms with E-state index in [0.29, 0.717) is 23.6 Å². The molecule has 6 atom stereocenters. The number of allylic oxidation sites excluding steroid dienone is 1. The number of carbonyl (C=O) groups is 3. The highest BCUT2D eigenvalue weighted by Crippen LogP contribution is 2.59. The number of anilines is 1. The molecule has 2 fully saturated rings. The van der Waals surface area contributed by atoms with Crippen molar-refractivity contribution in [3.8, 4) is 0 Å². The second-order valence-corrected chi connectivity index (χ2v) is 12.6. The Hall–Kier alpha value is -3.46. The molecule has 0 aliphatic carbocycles. The van der Waals surface area contributed by atoms with Crippen molar-refractivity contribution in [2.24, 2.45) is 11.8 Å². The van der Waals surface area contributed by atoms with Crippen molar-refractivity contribution >= 4 is 35.1 Å². The van der Waals surface area contributed by atoms with Crippen molar-refractivity contribution < 1.29 is 29.0 Å². The topological polar surface area (TPSA) is 96.4 Å². The van der Waals surface area contributed by atoms with Crippen molar-refractivity contribution in [2.75, 3.05) is 24.7 Å². The molecule has 9 heteroatoms. The SMILES string of the molecule is CC[C@@]12/C=C\CCCCOC(=O)[C@@H]1[C@H]1C(=O)N([C@@H](CO)Cc3ccccc3)C3C(=O)N(c4c(C)cccc4Cl)CC=C[C@@]31O2. The van der Waals surface area contributed by atoms with Crippen LogP contribution in [-0.2, 0) is 30.3 Å². The fourth-order valence-electron chi connectivity index (χ4n) is 7.67. The summed E-state index contributed by atoms with van der Waals surface area (Å²) in [6.45, 7) is 3.89. The maximum atomic E-state index is 15.0. The second-order valence-electron chi connectivity index (χ2n) is 12.2. The molecule has 6 rings (SSSR count). The molecule has 0 saturated carbocycles. The van der Waals surface area contributed by atoms with Crippen LogP contribution in [0, 0.1) is 18.8 Å². The smallest absolute Gasteiger partial charge is 0.313 e. The van der Waals surface area contributed by atoms with Crippen LogP contribution in [0.3, 0.4) is 0 Å². The molecule has 0 radical (unpaired) electrons. The molecule has 1 spiro atoms. The molecule has 0 aromatic heterocycles. The molecule has 4 aliphatic heterocycles. The number of carbonyl (C=O) groups excluding carboxylic acids is 3. The number of amides is 2. The Morgan fingerprint density at radius 2 is 1.80 bits per heavy atom. The zero-order valence-electron chi connectivity index (χ0n) is 25.2. The first-order chi connectivity index (χ1) is 21.3. The van der Waals surface area contributed by atoms with Crippen LogP contribution < -0.4 is 4.90 Å². The summed E-state index contributed by atoms with van der Waals surface area (Å²) in [4.78, 5) is 46.8. The van der Waals surface area contributed by atoms with Crippen molar-refractivity contribution in [2.45, 2.75) is 69.2 Å². The lowest BCUT2D eigenvalue weighted by atomic mass is 9.73. The highest BCUT2D eigenvalue weighted by atomic mass is 35.5. The average molecular weight is 619 g/mol. The zero-order chi connectivity index (χ0) is 31.1. The predicted octanol–water partition coefficient (Wildman–Crippen LogP) is 4.80. The van der Waals surface area contributed by atoms with Crippen LogP contribution >= 0.6 is 11.6 Å². The van der Waals surface area contributed by atoms with Gasteiger partial charge in [-0.2, -0.15) is 0 Å². The Kier molecular flexibility index (Phi) is 8.44. The van der Waals surface area contributed by atoms with Gasteiger partial charge in [0.25, 0.3) is 5.91 Å². The monoisotopic (exact) mass is 618 g/mol. The fourth-order valence-corrected chi connectivity index (χ4v) is 8.00. The van der Waals surface area contributed by atoms with E-state index in [1.54, 1.807) is 11.0 Å². The molecule has 1 N–H and O–H groups in total. The number of likely N-dealkylation sites (tertiary alicyclic amines) is 1. The number of benzene rings is 2. The van der Waals surface area contributed by atoms with Crippen molar-refractivity contribution in [1.82, 2.24) is 4.90 Å². The number of nitrogens with zero attached hydrogens (tertiary/aromatic N) is 2. The second kappa shape index (κ2) is 12.1. The van der Waals surface area contributed by atoms with Gasteiger partial charge in [-0.3, -0.25) is 14.4 Å². The summed E-state index contributed by atoms with van der Waals surface area (Å²) in [5, 5.41) is 11.2. The highest BCUT2D eigenvalue weighted by Gasteiger charge is 2.76. The molecule has 232 valence electrons. The Balaban J connectivity index is 1.54. The molecule has 2 aromatic rings. The largest absolute Gasteiger partial charge is 0.465 e. The van der Waals surface area contributed by atoms with Gasteiger partial charge in [-0.15, -0.1) is 0 Å². The van der Waals surface area contributed by atoms with Crippen molar-refractivity contribution in [3.05, 3.63) is 89.0 Å². The molecular weight excluding hydrogens is 580 g/mol. The molecule has 44 heavy (non-hydrogen) atoms. The number of hydrogen-bond donors (Lipinski definition) is 1. The molecule has 1 unspecified atom stereocenters. The lowest BCUT2D eigenvalue weighted by Gasteiger charge is -2.41. The van der Waals surface area contributed by atoms with Crippen LogP contribution in [0.5, 0.6) is 0 Å². The van der Waals surface area contributed by atoms with Gasteiger partial charge in [-0.05, 0) is 56.2 Å². The summed E-state index contributed by atoms with van der Waals surface area (Å²) < 4.78 is 12.8. The first-order valence-electron chi connectivity index (χ1n) is 15.5. The van der Waals surface area contributed by atoms with Crippen LogP contribution in [0.2, 0.25) is 5.02 Å². The van der Waals surface area contributed by atoms with E-state index in [-0.39, 0.29) is 25.7 Å². The van der Waals surface area contributed by atoms with Gasteiger partial charge >= 0.3 is 5.97 Å². The van der Waals surface area contributed by atoms with Gasteiger partial charge in [-0.1, -0.05) is 85.3 Å². The quantitative estimate of drug-likeness (QED) is 0.369. The molecule has 8 nitrogen and oxygen atoms in total. The summed E-state index contributed by atoms with van der Waals surface area (Å²) in [7, 11) is 0. The standard InChI is InChI=1S/C35H39ClN2O6/c1-3-34-17-9-4-5-10-20-43-33(42)28(34)27-31(40)38(25(22-39)21-24-14-7-6-8-15-24)30-32(41)37(19-12-18-35(27,30)44-34)29-23(2)13-11-16-26(29)36/h6-9,11-18,25,27-28,30,39H,3-5,10,19-22H2,1-2H3/b17-9-/t25-,27+,28+,30?,34-,35+/m1/s1. The summed E-state index contributed by atoms with van der Waals surface area (Å²) in [6, 6.07) is 13.1. The van der Waals surface area contributed by atoms with E-state index in [2.05, 4.69) is 0 Å². The van der Waals surface area contributed by atoms with Gasteiger partial charge < -0.3 is 24.4 Å². The fraction of sp³-hybridized carbons (Fsp3) is 0.457. The molecule has 2 saturated heterocycles. The van der Waals surface area contributed by atoms with Gasteiger partial charge in [0.15, 0.2) is 0 Å². The highest BCUT2D eigenvalue weighted by molar-refractivity contribution is 6.34. The van der Waals surface area contributed by atoms with Crippen LogP contribution in [0.15, 0.2) is 72.8 Å². The number of fused-ring (bicyclic) bond motifs is 2. The zero-order valence-corrected chi connectivity index (χ0v) is 25.9. The molecule has 0 bridgehead atoms. The minimum absolute atomic E-state index is 0.201. The van der Waals surface area contributed by atoms with Gasteiger partial charge in [0.1, 0.15) is 23.2 Å². The average Bonchev–Trinajstić information content (AvgIpc) is 3.38. The summed E-state index contributed by atoms with van der Waals surface area (Å²) in [5.74, 6) is -3.27. The number of esters is 1. The molecule has 2 aromatic carbocycles. The number of aliphatic hydroxyl groups excluding tert-OH is 1. The summed E-state index contributed by atoms with van der Waals surface area (Å²) in [6.07, 6.45) is 10.7. The third-order valence-corrected chi connectivity index (χ3v) is 10.0. The van der Waals surface area contributed by atoms with Gasteiger partial charge in [0, 0.05) is 6.54 Å². The Labute approximate surface area is 263 Å². The maximum absolute atomic E-state index is 15.0. The number of para-hydroxylation sites is 1. The van der Waals surface area contributed by atoms with E-state index >= 15 is 0 Å². The van der Waals surface area contributed by atoms with Crippen LogP contribution in [0.4, 0.5) is 5.69 Å². The number of cyclic esters (lactones) is 1. The molecule has 2 amide bonds. The number of aliphatic hydroxyl groups is 1. The third kappa shape index (κ3) is 4.88. The minimum Gasteiger partial charge on any atom is -0.465 e. The van der Waals surface area contributed by atoms with Crippen molar-refractivity contribution in [1.29, 1.82) is 0 Å². The lowest BCUT2D eigenvalue weighted by Crippen LogP contribution is -2.59. The lowest BCUT2D eigenvalue weighted by molar-refractivity contribution is -0.161. The van der Waals surface area contributed by atoms with Crippen LogP contribution in [0.1, 0.15) is 43.7 Å². The van der Waals surface area contributed by atoms with Gasteiger partial charge in [0.2, 0.25) is 5.91 Å². The molecule has 4 aliphatic rings. The third-order valence-electron chi connectivity index (χ3n) is 9.70. The van der Waals surface area contributed by atoms with E-state index in [4.69, 9.17) is 21.1 Å². The first-order valence-corrected chi connectivity index (χ1v) is 15.9. The number of hydrogen-bond acceptors (Lipinski definition) is 6. The Morgan fingerprint density at radius 1 is 1.00 bits per heavy atom. The van der Waals surface area contributed by atoms with E-state index in [1.807, 2.05) is 80.6 Å². The first kappa shape index (κ1) is 30.6. The Bertz CT molecular complexity index is 1470. The maximum Gasteiger partial charge on any atom is 0.313 e. The Morgan fingerprint density at radius 3 is 2.52 bits per heavy atom. The van der Waals surface area contributed by atoms with Crippen LogP contribution in [-0.4, -0.2) is 70.8 Å². The van der Waals surface area contributed by atoms with Crippen molar-refractivity contribution in [3.63, 3.8) is 0 Å². The van der Waals surface area contributed by atoms with Gasteiger partial charge in [-0.25, -0.2) is 0 Å². The number of aryl methyl sites for hydroxylation is 1.